The highest BCUT2D eigenvalue weighted by atomic mass is 16.7. The highest BCUT2D eigenvalue weighted by molar-refractivity contribution is 4.81. The Bertz CT molecular complexity index is 179. The van der Waals surface area contributed by atoms with E-state index in [4.69, 9.17) is 9.47 Å². The maximum atomic E-state index is 9.78. The van der Waals surface area contributed by atoms with E-state index < -0.39 is 5.60 Å². The largest absolute Gasteiger partial charge is 0.390 e. The monoisotopic (exact) mass is 216 g/mol. The second kappa shape index (κ2) is 5.28. The summed E-state index contributed by atoms with van der Waals surface area (Å²) in [4.78, 5) is 0. The lowest BCUT2D eigenvalue weighted by Gasteiger charge is -2.34. The second-order valence-electron chi connectivity index (χ2n) is 5.08. The fourth-order valence-corrected chi connectivity index (χ4v) is 2.04. The van der Waals surface area contributed by atoms with Crippen molar-refractivity contribution >= 4 is 0 Å². The average molecular weight is 216 g/mol. The SMILES string of the molecule is CC(C)OC(C)OC1CCC(C)(O)CC1. The maximum absolute atomic E-state index is 9.78. The van der Waals surface area contributed by atoms with E-state index in [0.717, 1.165) is 25.7 Å². The van der Waals surface area contributed by atoms with Crippen molar-refractivity contribution in [2.24, 2.45) is 0 Å². The van der Waals surface area contributed by atoms with Crippen LogP contribution >= 0.6 is 0 Å². The molecule has 0 spiro atoms. The molecule has 0 aromatic carbocycles. The van der Waals surface area contributed by atoms with E-state index in [-0.39, 0.29) is 18.5 Å². The molecule has 1 aliphatic carbocycles. The Morgan fingerprint density at radius 1 is 1.20 bits per heavy atom. The van der Waals surface area contributed by atoms with Gasteiger partial charge in [-0.3, -0.25) is 0 Å². The van der Waals surface area contributed by atoms with Crippen molar-refractivity contribution in [3.05, 3.63) is 0 Å². The molecule has 1 N–H and O–H groups in total. The van der Waals surface area contributed by atoms with Crippen LogP contribution in [-0.4, -0.2) is 29.2 Å². The van der Waals surface area contributed by atoms with Gasteiger partial charge in [0.2, 0.25) is 0 Å². The van der Waals surface area contributed by atoms with Gasteiger partial charge in [-0.25, -0.2) is 0 Å². The van der Waals surface area contributed by atoms with Crippen LogP contribution in [0.1, 0.15) is 53.4 Å². The summed E-state index contributed by atoms with van der Waals surface area (Å²) in [5.41, 5.74) is -0.484. The van der Waals surface area contributed by atoms with E-state index in [1.807, 2.05) is 27.7 Å². The zero-order valence-electron chi connectivity index (χ0n) is 10.3. The van der Waals surface area contributed by atoms with Gasteiger partial charge in [-0.15, -0.1) is 0 Å². The zero-order chi connectivity index (χ0) is 11.5. The van der Waals surface area contributed by atoms with Crippen molar-refractivity contribution in [3.8, 4) is 0 Å². The van der Waals surface area contributed by atoms with Crippen LogP contribution in [0.5, 0.6) is 0 Å². The lowest BCUT2D eigenvalue weighted by Crippen LogP contribution is -2.35. The predicted octanol–water partition coefficient (Wildman–Crippen LogP) is 2.47. The van der Waals surface area contributed by atoms with Crippen molar-refractivity contribution in [2.75, 3.05) is 0 Å². The van der Waals surface area contributed by atoms with Crippen molar-refractivity contribution in [1.82, 2.24) is 0 Å². The van der Waals surface area contributed by atoms with Gasteiger partial charge in [0, 0.05) is 0 Å². The quantitative estimate of drug-likeness (QED) is 0.734. The van der Waals surface area contributed by atoms with Crippen molar-refractivity contribution in [1.29, 1.82) is 0 Å². The molecule has 0 heterocycles. The zero-order valence-corrected chi connectivity index (χ0v) is 10.3. The Kier molecular flexibility index (Phi) is 4.56. The van der Waals surface area contributed by atoms with Gasteiger partial charge in [0.1, 0.15) is 0 Å². The highest BCUT2D eigenvalue weighted by Crippen LogP contribution is 2.29. The van der Waals surface area contributed by atoms with Crippen LogP contribution in [0, 0.1) is 0 Å². The predicted molar refractivity (Wildman–Crippen MR) is 59.6 cm³/mol. The van der Waals surface area contributed by atoms with E-state index in [1.54, 1.807) is 0 Å². The molecule has 0 aliphatic heterocycles. The van der Waals surface area contributed by atoms with Gasteiger partial charge in [0.25, 0.3) is 0 Å². The lowest BCUT2D eigenvalue weighted by atomic mass is 9.85. The Hall–Kier alpha value is -0.120. The van der Waals surface area contributed by atoms with Gasteiger partial charge in [-0.05, 0) is 53.4 Å². The Morgan fingerprint density at radius 3 is 2.20 bits per heavy atom. The fraction of sp³-hybridized carbons (Fsp3) is 1.00. The van der Waals surface area contributed by atoms with Gasteiger partial charge in [0.15, 0.2) is 6.29 Å². The summed E-state index contributed by atoms with van der Waals surface area (Å²) in [5.74, 6) is 0. The molecule has 3 heteroatoms. The molecular weight excluding hydrogens is 192 g/mol. The first kappa shape index (κ1) is 12.9. The maximum Gasteiger partial charge on any atom is 0.155 e. The Labute approximate surface area is 92.8 Å². The van der Waals surface area contributed by atoms with Gasteiger partial charge >= 0.3 is 0 Å². The number of hydrogen-bond donors (Lipinski definition) is 1. The topological polar surface area (TPSA) is 38.7 Å². The molecule has 0 bridgehead atoms. The van der Waals surface area contributed by atoms with Crippen LogP contribution in [0.3, 0.4) is 0 Å². The van der Waals surface area contributed by atoms with Gasteiger partial charge in [0.05, 0.1) is 17.8 Å². The number of aliphatic hydroxyl groups is 1. The number of hydrogen-bond acceptors (Lipinski definition) is 3. The first-order valence-electron chi connectivity index (χ1n) is 5.92. The van der Waals surface area contributed by atoms with Gasteiger partial charge in [-0.1, -0.05) is 0 Å². The summed E-state index contributed by atoms with van der Waals surface area (Å²) < 4.78 is 11.3. The molecule has 0 amide bonds. The third-order valence-corrected chi connectivity index (χ3v) is 2.86. The summed E-state index contributed by atoms with van der Waals surface area (Å²) in [7, 11) is 0. The minimum absolute atomic E-state index is 0.141. The van der Waals surface area contributed by atoms with Crippen molar-refractivity contribution < 1.29 is 14.6 Å². The summed E-state index contributed by atoms with van der Waals surface area (Å²) >= 11 is 0. The lowest BCUT2D eigenvalue weighted by molar-refractivity contribution is -0.190. The molecule has 1 fully saturated rings. The summed E-state index contributed by atoms with van der Waals surface area (Å²) in [5, 5.41) is 9.78. The molecule has 0 saturated heterocycles. The van der Waals surface area contributed by atoms with Gasteiger partial charge < -0.3 is 14.6 Å². The average Bonchev–Trinajstić information content (AvgIpc) is 2.07. The van der Waals surface area contributed by atoms with Crippen LogP contribution < -0.4 is 0 Å². The normalized spacial score (nSPS) is 34.4. The van der Waals surface area contributed by atoms with E-state index >= 15 is 0 Å². The molecule has 90 valence electrons. The Balaban J connectivity index is 2.23. The third-order valence-electron chi connectivity index (χ3n) is 2.86. The molecule has 15 heavy (non-hydrogen) atoms. The minimum atomic E-state index is -0.484. The van der Waals surface area contributed by atoms with Crippen LogP contribution in [-0.2, 0) is 9.47 Å². The van der Waals surface area contributed by atoms with E-state index in [1.165, 1.54) is 0 Å². The van der Waals surface area contributed by atoms with E-state index in [9.17, 15) is 5.11 Å². The first-order chi connectivity index (χ1) is 6.89. The summed E-state index contributed by atoms with van der Waals surface area (Å²) in [6.07, 6.45) is 3.82. The smallest absolute Gasteiger partial charge is 0.155 e. The van der Waals surface area contributed by atoms with Gasteiger partial charge in [-0.2, -0.15) is 0 Å². The molecule has 1 saturated carbocycles. The standard InChI is InChI=1S/C12H24O3/c1-9(2)14-10(3)15-11-5-7-12(4,13)8-6-11/h9-11,13H,5-8H2,1-4H3. The molecule has 3 nitrogen and oxygen atoms in total. The molecule has 1 atom stereocenters. The second-order valence-corrected chi connectivity index (χ2v) is 5.08. The van der Waals surface area contributed by atoms with E-state index in [2.05, 4.69) is 0 Å². The third kappa shape index (κ3) is 4.96. The molecular formula is C12H24O3. The van der Waals surface area contributed by atoms with Crippen molar-refractivity contribution in [2.45, 2.75) is 77.5 Å². The van der Waals surface area contributed by atoms with Crippen LogP contribution in [0.2, 0.25) is 0 Å². The molecule has 1 aliphatic rings. The summed E-state index contributed by atoms with van der Waals surface area (Å²) in [6, 6.07) is 0. The molecule has 0 aromatic rings. The number of ether oxygens (including phenoxy) is 2. The van der Waals surface area contributed by atoms with E-state index in [0.29, 0.717) is 0 Å². The molecule has 0 radical (unpaired) electrons. The van der Waals surface area contributed by atoms with Crippen molar-refractivity contribution in [3.63, 3.8) is 0 Å². The minimum Gasteiger partial charge on any atom is -0.390 e. The first-order valence-corrected chi connectivity index (χ1v) is 5.92. The Morgan fingerprint density at radius 2 is 1.73 bits per heavy atom. The van der Waals surface area contributed by atoms with Crippen LogP contribution in [0.15, 0.2) is 0 Å². The summed E-state index contributed by atoms with van der Waals surface area (Å²) in [6.45, 7) is 7.85. The number of rotatable bonds is 4. The van der Waals surface area contributed by atoms with Crippen LogP contribution in [0.25, 0.3) is 0 Å². The molecule has 0 aromatic heterocycles. The molecule has 1 rings (SSSR count). The fourth-order valence-electron chi connectivity index (χ4n) is 2.04. The van der Waals surface area contributed by atoms with Crippen LogP contribution in [0.4, 0.5) is 0 Å². The highest BCUT2D eigenvalue weighted by Gasteiger charge is 2.29. The molecule has 1 unspecified atom stereocenters.